The summed E-state index contributed by atoms with van der Waals surface area (Å²) in [5, 5.41) is 17.2. The zero-order chi connectivity index (χ0) is 14.7. The highest BCUT2D eigenvalue weighted by molar-refractivity contribution is 6.30. The third-order valence-electron chi connectivity index (χ3n) is 2.64. The quantitative estimate of drug-likeness (QED) is 0.664. The Hall–Kier alpha value is -2.41. The van der Waals surface area contributed by atoms with E-state index in [9.17, 15) is 10.1 Å². The Balaban J connectivity index is 2.45. The van der Waals surface area contributed by atoms with Gasteiger partial charge in [-0.2, -0.15) is 4.98 Å². The lowest BCUT2D eigenvalue weighted by Crippen LogP contribution is -2.05. The van der Waals surface area contributed by atoms with Crippen LogP contribution in [0.1, 0.15) is 5.56 Å². The summed E-state index contributed by atoms with van der Waals surface area (Å²) in [6, 6.07) is 5.24. The number of halogens is 1. The van der Waals surface area contributed by atoms with Crippen LogP contribution < -0.4 is 10.6 Å². The van der Waals surface area contributed by atoms with Crippen molar-refractivity contribution in [1.29, 1.82) is 0 Å². The summed E-state index contributed by atoms with van der Waals surface area (Å²) < 4.78 is 0. The van der Waals surface area contributed by atoms with E-state index >= 15 is 0 Å². The molecule has 8 heteroatoms. The molecular weight excluding hydrogens is 282 g/mol. The van der Waals surface area contributed by atoms with Crippen LogP contribution in [-0.4, -0.2) is 21.9 Å². The number of aromatic nitrogens is 2. The maximum absolute atomic E-state index is 11.0. The molecule has 2 aromatic rings. The van der Waals surface area contributed by atoms with Gasteiger partial charge in [0.2, 0.25) is 11.8 Å². The smallest absolute Gasteiger partial charge is 0.329 e. The molecule has 0 aliphatic heterocycles. The molecule has 0 unspecified atom stereocenters. The van der Waals surface area contributed by atoms with Gasteiger partial charge in [-0.25, -0.2) is 4.98 Å². The van der Waals surface area contributed by atoms with Crippen molar-refractivity contribution in [2.24, 2.45) is 0 Å². The van der Waals surface area contributed by atoms with Crippen molar-refractivity contribution in [1.82, 2.24) is 9.97 Å². The normalized spacial score (nSPS) is 10.2. The Labute approximate surface area is 120 Å². The Bertz CT molecular complexity index is 662. The van der Waals surface area contributed by atoms with Crippen LogP contribution in [0.15, 0.2) is 24.4 Å². The van der Waals surface area contributed by atoms with Crippen molar-refractivity contribution < 1.29 is 4.92 Å². The molecule has 0 fully saturated rings. The van der Waals surface area contributed by atoms with E-state index in [1.54, 1.807) is 19.2 Å². The van der Waals surface area contributed by atoms with E-state index in [-0.39, 0.29) is 17.5 Å². The number of benzene rings is 1. The summed E-state index contributed by atoms with van der Waals surface area (Å²) in [6.07, 6.45) is 1.15. The number of nitrogens with one attached hydrogen (secondary N) is 2. The summed E-state index contributed by atoms with van der Waals surface area (Å²) in [4.78, 5) is 18.4. The van der Waals surface area contributed by atoms with Crippen molar-refractivity contribution in [2.75, 3.05) is 17.7 Å². The summed E-state index contributed by atoms with van der Waals surface area (Å²) in [5.74, 6) is 0.400. The van der Waals surface area contributed by atoms with Gasteiger partial charge in [-0.3, -0.25) is 10.1 Å². The van der Waals surface area contributed by atoms with Gasteiger partial charge in [-0.1, -0.05) is 17.7 Å². The van der Waals surface area contributed by atoms with Crippen molar-refractivity contribution in [3.05, 3.63) is 45.1 Å². The Morgan fingerprint density at radius 1 is 1.40 bits per heavy atom. The number of rotatable bonds is 4. The van der Waals surface area contributed by atoms with Crippen LogP contribution in [-0.2, 0) is 0 Å². The van der Waals surface area contributed by atoms with Gasteiger partial charge < -0.3 is 10.6 Å². The van der Waals surface area contributed by atoms with E-state index in [2.05, 4.69) is 20.6 Å². The lowest BCUT2D eigenvalue weighted by atomic mass is 10.2. The van der Waals surface area contributed by atoms with Gasteiger partial charge in [0.15, 0.2) is 0 Å². The summed E-state index contributed by atoms with van der Waals surface area (Å²) in [6.45, 7) is 1.87. The highest BCUT2D eigenvalue weighted by Crippen LogP contribution is 2.28. The van der Waals surface area contributed by atoms with Crippen molar-refractivity contribution in [3.8, 4) is 0 Å². The zero-order valence-corrected chi connectivity index (χ0v) is 11.6. The summed E-state index contributed by atoms with van der Waals surface area (Å²) in [5.41, 5.74) is 1.35. The van der Waals surface area contributed by atoms with Crippen LogP contribution in [0.4, 0.5) is 23.1 Å². The largest absolute Gasteiger partial charge is 0.357 e. The predicted octanol–water partition coefficient (Wildman–Crippen LogP) is 3.13. The van der Waals surface area contributed by atoms with E-state index in [0.29, 0.717) is 10.7 Å². The molecule has 1 aromatic carbocycles. The van der Waals surface area contributed by atoms with Crippen LogP contribution in [0.5, 0.6) is 0 Å². The summed E-state index contributed by atoms with van der Waals surface area (Å²) >= 11 is 5.92. The molecule has 20 heavy (non-hydrogen) atoms. The van der Waals surface area contributed by atoms with Gasteiger partial charge in [0.25, 0.3) is 0 Å². The highest BCUT2D eigenvalue weighted by Gasteiger charge is 2.17. The Morgan fingerprint density at radius 3 is 2.80 bits per heavy atom. The van der Waals surface area contributed by atoms with Crippen molar-refractivity contribution in [3.63, 3.8) is 0 Å². The van der Waals surface area contributed by atoms with Crippen LogP contribution in [0, 0.1) is 17.0 Å². The fourth-order valence-electron chi connectivity index (χ4n) is 1.58. The second-order valence-corrected chi connectivity index (χ2v) is 4.46. The first-order valence-electron chi connectivity index (χ1n) is 5.73. The number of nitrogens with zero attached hydrogens (tertiary/aromatic N) is 3. The average Bonchev–Trinajstić information content (AvgIpc) is 2.42. The molecule has 1 aromatic heterocycles. The van der Waals surface area contributed by atoms with Gasteiger partial charge in [0, 0.05) is 17.8 Å². The second kappa shape index (κ2) is 5.70. The number of hydrogen-bond acceptors (Lipinski definition) is 6. The molecule has 0 aliphatic carbocycles. The topological polar surface area (TPSA) is 93.0 Å². The van der Waals surface area contributed by atoms with Crippen molar-refractivity contribution >= 4 is 34.7 Å². The third-order valence-corrected chi connectivity index (χ3v) is 2.88. The number of aryl methyl sites for hydroxylation is 1. The average molecular weight is 294 g/mol. The molecule has 7 nitrogen and oxygen atoms in total. The van der Waals surface area contributed by atoms with Gasteiger partial charge in [0.1, 0.15) is 6.20 Å². The molecule has 1 heterocycles. The van der Waals surface area contributed by atoms with Crippen LogP contribution in [0.3, 0.4) is 0 Å². The van der Waals surface area contributed by atoms with Crippen LogP contribution >= 0.6 is 11.6 Å². The monoisotopic (exact) mass is 293 g/mol. The minimum atomic E-state index is -0.540. The summed E-state index contributed by atoms with van der Waals surface area (Å²) in [7, 11) is 1.63. The van der Waals surface area contributed by atoms with Gasteiger partial charge in [0.05, 0.1) is 4.92 Å². The molecule has 0 spiro atoms. The third kappa shape index (κ3) is 2.94. The van der Waals surface area contributed by atoms with E-state index in [0.717, 1.165) is 11.8 Å². The van der Waals surface area contributed by atoms with E-state index < -0.39 is 4.92 Å². The Morgan fingerprint density at radius 2 is 2.15 bits per heavy atom. The highest BCUT2D eigenvalue weighted by atomic mass is 35.5. The number of hydrogen-bond donors (Lipinski definition) is 2. The molecule has 0 radical (unpaired) electrons. The fourth-order valence-corrected chi connectivity index (χ4v) is 1.75. The van der Waals surface area contributed by atoms with Crippen LogP contribution in [0.2, 0.25) is 5.02 Å². The lowest BCUT2D eigenvalue weighted by molar-refractivity contribution is -0.384. The molecule has 2 N–H and O–H groups in total. The Kier molecular flexibility index (Phi) is 3.99. The first-order chi connectivity index (χ1) is 9.51. The molecule has 0 saturated heterocycles. The van der Waals surface area contributed by atoms with E-state index in [1.165, 1.54) is 0 Å². The first kappa shape index (κ1) is 14.0. The molecule has 0 amide bonds. The molecule has 2 rings (SSSR count). The number of nitro groups is 1. The first-order valence-corrected chi connectivity index (χ1v) is 6.11. The molecule has 0 saturated carbocycles. The predicted molar refractivity (Wildman–Crippen MR) is 77.7 cm³/mol. The molecule has 104 valence electrons. The van der Waals surface area contributed by atoms with Crippen LogP contribution in [0.25, 0.3) is 0 Å². The van der Waals surface area contributed by atoms with E-state index in [4.69, 9.17) is 11.6 Å². The SMILES string of the molecule is CNc1ncc([N+](=O)[O-])c(Nc2cc(Cl)ccc2C)n1. The second-order valence-electron chi connectivity index (χ2n) is 4.02. The van der Waals surface area contributed by atoms with Gasteiger partial charge >= 0.3 is 5.69 Å². The number of anilines is 3. The van der Waals surface area contributed by atoms with Crippen molar-refractivity contribution in [2.45, 2.75) is 6.92 Å². The standard InChI is InChI=1S/C12H12ClN5O2/c1-7-3-4-8(13)5-9(7)16-11-10(18(19)20)6-15-12(14-2)17-11/h3-6H,1-2H3,(H2,14,15,16,17). The maximum atomic E-state index is 11.0. The maximum Gasteiger partial charge on any atom is 0.329 e. The van der Waals surface area contributed by atoms with Gasteiger partial charge in [-0.15, -0.1) is 0 Å². The minimum absolute atomic E-state index is 0.111. The molecule has 0 atom stereocenters. The van der Waals surface area contributed by atoms with E-state index in [1.807, 2.05) is 13.0 Å². The molecular formula is C12H12ClN5O2. The molecule has 0 aliphatic rings. The minimum Gasteiger partial charge on any atom is -0.357 e. The zero-order valence-electron chi connectivity index (χ0n) is 10.8. The molecule has 0 bridgehead atoms. The lowest BCUT2D eigenvalue weighted by Gasteiger charge is -2.10. The fraction of sp³-hybridized carbons (Fsp3) is 0.167. The van der Waals surface area contributed by atoms with Gasteiger partial charge in [-0.05, 0) is 24.6 Å².